The van der Waals surface area contributed by atoms with E-state index in [1.165, 1.54) is 7.11 Å². The molecule has 0 bridgehead atoms. The Morgan fingerprint density at radius 1 is 0.653 bits per heavy atom. The molecule has 9 heteroatoms. The average molecular weight is 662 g/mol. The van der Waals surface area contributed by atoms with Crippen LogP contribution in [0.3, 0.4) is 0 Å². The second kappa shape index (κ2) is 11.5. The molecule has 7 rings (SSSR count). The van der Waals surface area contributed by atoms with E-state index in [0.29, 0.717) is 51.5 Å². The first kappa shape index (κ1) is 32.0. The Labute approximate surface area is 283 Å². The van der Waals surface area contributed by atoms with Gasteiger partial charge < -0.3 is 37.8 Å². The monoisotopic (exact) mass is 661 g/mol. The quantitative estimate of drug-likeness (QED) is 0.162. The molecule has 0 unspecified atom stereocenters. The third-order valence-corrected chi connectivity index (χ3v) is 10.4. The van der Waals surface area contributed by atoms with E-state index in [2.05, 4.69) is 4.57 Å². The van der Waals surface area contributed by atoms with Crippen LogP contribution in [0.5, 0.6) is 23.0 Å². The van der Waals surface area contributed by atoms with E-state index in [9.17, 15) is 15.0 Å². The van der Waals surface area contributed by atoms with Gasteiger partial charge in [0.1, 0.15) is 33.4 Å². The van der Waals surface area contributed by atoms with Gasteiger partial charge in [0, 0.05) is 39.5 Å². The predicted octanol–water partition coefficient (Wildman–Crippen LogP) is 9.46. The molecule has 0 saturated heterocycles. The highest BCUT2D eigenvalue weighted by Gasteiger charge is 2.27. The standard InChI is InChI=1S/C40H39NO8/c1-18-20(3)33(43)31-35(22(18)5)48-37(39(31)46-8)24-10-12-28-26(16-24)27-17-25(11-13-29(27)41(28)15-14-30(42)45-7)38-40(47-9)32-34(44)21(4)19(2)23(6)36(32)49-38/h10-13,16-17,43-44H,14-15H2,1-9H3. The molecule has 0 atom stereocenters. The van der Waals surface area contributed by atoms with Gasteiger partial charge in [-0.15, -0.1) is 0 Å². The third-order valence-electron chi connectivity index (χ3n) is 10.4. The maximum atomic E-state index is 12.2. The second-order valence-electron chi connectivity index (χ2n) is 12.7. The Bertz CT molecular complexity index is 2350. The highest BCUT2D eigenvalue weighted by molar-refractivity contribution is 6.11. The lowest BCUT2D eigenvalue weighted by atomic mass is 9.99. The largest absolute Gasteiger partial charge is 0.507 e. The molecular weight excluding hydrogens is 622 g/mol. The number of fused-ring (bicyclic) bond motifs is 5. The van der Waals surface area contributed by atoms with Crippen molar-refractivity contribution in [3.8, 4) is 45.6 Å². The minimum atomic E-state index is -0.302. The molecule has 4 aromatic carbocycles. The van der Waals surface area contributed by atoms with E-state index in [1.54, 1.807) is 14.2 Å². The fourth-order valence-electron chi connectivity index (χ4n) is 7.13. The second-order valence-corrected chi connectivity index (χ2v) is 12.7. The number of methoxy groups -OCH3 is 3. The Morgan fingerprint density at radius 3 is 1.47 bits per heavy atom. The number of aromatic hydroxyl groups is 2. The number of esters is 1. The number of aryl methyl sites for hydroxylation is 3. The summed E-state index contributed by atoms with van der Waals surface area (Å²) in [6.07, 6.45) is 0.197. The number of hydrogen-bond acceptors (Lipinski definition) is 8. The van der Waals surface area contributed by atoms with Crippen LogP contribution in [0.2, 0.25) is 0 Å². The Balaban J connectivity index is 1.50. The number of ether oxygens (including phenoxy) is 3. The van der Waals surface area contributed by atoms with E-state index < -0.39 is 0 Å². The molecule has 7 aromatic rings. The molecule has 252 valence electrons. The van der Waals surface area contributed by atoms with Crippen LogP contribution in [0.4, 0.5) is 0 Å². The highest BCUT2D eigenvalue weighted by Crippen LogP contribution is 2.50. The van der Waals surface area contributed by atoms with Crippen molar-refractivity contribution in [1.82, 2.24) is 4.57 Å². The SMILES string of the molecule is COC(=O)CCn1c2ccc(-c3oc4c(C)c(C)c(C)c(O)c4c3OC)cc2c2cc(-c3oc4c(C)c(C)c(C)c(O)c4c3OC)ccc21. The van der Waals surface area contributed by atoms with Crippen LogP contribution in [0.1, 0.15) is 39.8 Å². The van der Waals surface area contributed by atoms with Crippen LogP contribution < -0.4 is 9.47 Å². The summed E-state index contributed by atoms with van der Waals surface area (Å²) in [5.74, 6) is 1.91. The normalized spacial score (nSPS) is 11.8. The van der Waals surface area contributed by atoms with E-state index in [0.717, 1.165) is 66.3 Å². The molecular formula is C40H39NO8. The average Bonchev–Trinajstić information content (AvgIpc) is 3.79. The maximum Gasteiger partial charge on any atom is 0.307 e. The van der Waals surface area contributed by atoms with Crippen molar-refractivity contribution in [1.29, 1.82) is 0 Å². The summed E-state index contributed by atoms with van der Waals surface area (Å²) >= 11 is 0. The number of hydrogen-bond donors (Lipinski definition) is 2. The van der Waals surface area contributed by atoms with Crippen LogP contribution in [0.25, 0.3) is 66.4 Å². The number of benzene rings is 4. The van der Waals surface area contributed by atoms with Crippen molar-refractivity contribution >= 4 is 49.7 Å². The summed E-state index contributed by atoms with van der Waals surface area (Å²) < 4.78 is 31.8. The Hall–Kier alpha value is -5.57. The number of carbonyl (C=O) groups excluding carboxylic acids is 1. The van der Waals surface area contributed by atoms with Crippen molar-refractivity contribution in [2.75, 3.05) is 21.3 Å². The molecule has 0 aliphatic heterocycles. The van der Waals surface area contributed by atoms with Crippen molar-refractivity contribution in [3.05, 3.63) is 69.8 Å². The molecule has 3 heterocycles. The van der Waals surface area contributed by atoms with Crippen molar-refractivity contribution in [2.45, 2.75) is 54.5 Å². The third kappa shape index (κ3) is 4.55. The Morgan fingerprint density at radius 2 is 1.08 bits per heavy atom. The first-order chi connectivity index (χ1) is 23.4. The topological polar surface area (TPSA) is 116 Å². The van der Waals surface area contributed by atoms with Gasteiger partial charge in [0.25, 0.3) is 0 Å². The van der Waals surface area contributed by atoms with E-state index in [4.69, 9.17) is 23.0 Å². The number of nitrogens with zero attached hydrogens (tertiary/aromatic N) is 1. The van der Waals surface area contributed by atoms with Crippen molar-refractivity contribution < 1.29 is 38.1 Å². The first-order valence-electron chi connectivity index (χ1n) is 16.1. The van der Waals surface area contributed by atoms with E-state index >= 15 is 0 Å². The number of phenolic OH excluding ortho intramolecular Hbond substituents is 2. The Kier molecular flexibility index (Phi) is 7.54. The fraction of sp³-hybridized carbons (Fsp3) is 0.275. The summed E-state index contributed by atoms with van der Waals surface area (Å²) in [6, 6.07) is 12.0. The predicted molar refractivity (Wildman–Crippen MR) is 191 cm³/mol. The zero-order valence-electron chi connectivity index (χ0n) is 29.2. The van der Waals surface area contributed by atoms with Crippen molar-refractivity contribution in [2.24, 2.45) is 0 Å². The van der Waals surface area contributed by atoms with Gasteiger partial charge in [-0.05, 0) is 111 Å². The molecule has 0 aliphatic rings. The number of aromatic nitrogens is 1. The lowest BCUT2D eigenvalue weighted by Crippen LogP contribution is -2.06. The number of furan rings is 2. The lowest BCUT2D eigenvalue weighted by Gasteiger charge is -2.09. The molecule has 0 fully saturated rings. The molecule has 9 nitrogen and oxygen atoms in total. The summed E-state index contributed by atoms with van der Waals surface area (Å²) in [5.41, 5.74) is 9.86. The number of rotatable bonds is 7. The van der Waals surface area contributed by atoms with Crippen LogP contribution in [-0.2, 0) is 16.1 Å². The van der Waals surface area contributed by atoms with Crippen LogP contribution in [0.15, 0.2) is 45.2 Å². The zero-order chi connectivity index (χ0) is 35.0. The van der Waals surface area contributed by atoms with Crippen molar-refractivity contribution in [3.63, 3.8) is 0 Å². The highest BCUT2D eigenvalue weighted by atomic mass is 16.5. The van der Waals surface area contributed by atoms with E-state index in [1.807, 2.05) is 77.9 Å². The van der Waals surface area contributed by atoms with Gasteiger partial charge in [0.15, 0.2) is 23.0 Å². The number of carbonyl (C=O) groups is 1. The molecule has 0 spiro atoms. The van der Waals surface area contributed by atoms with Gasteiger partial charge in [-0.25, -0.2) is 0 Å². The summed E-state index contributed by atoms with van der Waals surface area (Å²) in [6.45, 7) is 12.1. The minimum Gasteiger partial charge on any atom is -0.507 e. The lowest BCUT2D eigenvalue weighted by molar-refractivity contribution is -0.140. The van der Waals surface area contributed by atoms with Crippen LogP contribution in [0, 0.1) is 41.5 Å². The fourth-order valence-corrected chi connectivity index (χ4v) is 7.13. The molecule has 0 saturated carbocycles. The van der Waals surface area contributed by atoms with Gasteiger partial charge in [0.05, 0.1) is 27.8 Å². The van der Waals surface area contributed by atoms with Crippen LogP contribution >= 0.6 is 0 Å². The van der Waals surface area contributed by atoms with Gasteiger partial charge in [-0.2, -0.15) is 0 Å². The first-order valence-corrected chi connectivity index (χ1v) is 16.1. The molecule has 0 radical (unpaired) electrons. The summed E-state index contributed by atoms with van der Waals surface area (Å²) in [4.78, 5) is 12.2. The molecule has 0 aliphatic carbocycles. The van der Waals surface area contributed by atoms with Gasteiger partial charge >= 0.3 is 5.97 Å². The maximum absolute atomic E-state index is 12.2. The van der Waals surface area contributed by atoms with Gasteiger partial charge in [0.2, 0.25) is 0 Å². The molecule has 0 amide bonds. The van der Waals surface area contributed by atoms with Crippen LogP contribution in [-0.4, -0.2) is 42.1 Å². The van der Waals surface area contributed by atoms with Gasteiger partial charge in [-0.1, -0.05) is 0 Å². The van der Waals surface area contributed by atoms with E-state index in [-0.39, 0.29) is 23.9 Å². The molecule has 3 aromatic heterocycles. The molecule has 49 heavy (non-hydrogen) atoms. The molecule has 2 N–H and O–H groups in total. The smallest absolute Gasteiger partial charge is 0.307 e. The minimum absolute atomic E-state index is 0.140. The number of phenols is 2. The summed E-state index contributed by atoms with van der Waals surface area (Å²) in [7, 11) is 4.54. The zero-order valence-corrected chi connectivity index (χ0v) is 29.2. The summed E-state index contributed by atoms with van der Waals surface area (Å²) in [5, 5.41) is 25.2. The van der Waals surface area contributed by atoms with Gasteiger partial charge in [-0.3, -0.25) is 4.79 Å².